The number of nitrogen functional groups attached to an aromatic ring is 4. The number of hydrogen-bond acceptors (Lipinski definition) is 36. The first-order valence-corrected chi connectivity index (χ1v) is 47.6. The van der Waals surface area contributed by atoms with Crippen molar-refractivity contribution in [1.29, 1.82) is 10.8 Å². The van der Waals surface area contributed by atoms with Crippen LogP contribution in [0.25, 0.3) is 54.5 Å². The number of nitrogens with zero attached hydrogens (tertiary/aromatic N) is 13. The minimum Gasteiger partial charge on any atom is -0.493 e. The number of hydrogen-bond donors (Lipinski definition) is 12. The number of methoxy groups -OCH3 is 10. The van der Waals surface area contributed by atoms with Gasteiger partial charge in [-0.2, -0.15) is 15.0 Å². The van der Waals surface area contributed by atoms with E-state index in [4.69, 9.17) is 91.0 Å². The monoisotopic (exact) mass is 2020 g/mol. The second kappa shape index (κ2) is 51.5. The van der Waals surface area contributed by atoms with E-state index in [0.717, 1.165) is 115 Å². The van der Waals surface area contributed by atoms with E-state index in [-0.39, 0.29) is 47.9 Å². The Kier molecular flexibility index (Phi) is 37.4. The number of aryl methyl sites for hydroxylation is 3. The van der Waals surface area contributed by atoms with E-state index < -0.39 is 0 Å². The first kappa shape index (κ1) is 108. The van der Waals surface area contributed by atoms with Crippen LogP contribution < -0.4 is 107 Å². The Morgan fingerprint density at radius 1 is 0.436 bits per heavy atom. The summed E-state index contributed by atoms with van der Waals surface area (Å²) in [4.78, 5) is 75.2. The fourth-order valence-corrected chi connectivity index (χ4v) is 16.0. The van der Waals surface area contributed by atoms with Crippen LogP contribution in [0.5, 0.6) is 63.2 Å². The van der Waals surface area contributed by atoms with Gasteiger partial charge >= 0.3 is 0 Å². The normalized spacial score (nSPS) is 11.4. The third-order valence-corrected chi connectivity index (χ3v) is 23.9. The molecule has 11 aromatic carbocycles. The van der Waals surface area contributed by atoms with Gasteiger partial charge in [-0.25, -0.2) is 34.9 Å². The maximum absolute atomic E-state index is 12.9. The molecule has 0 spiro atoms. The Labute approximate surface area is 864 Å². The molecular weight excluding hydrogens is 1890 g/mol. The van der Waals surface area contributed by atoms with E-state index in [9.17, 15) is 9.59 Å². The molecule has 149 heavy (non-hydrogen) atoms. The number of nitrogens with one attached hydrogen (secondary N) is 7. The summed E-state index contributed by atoms with van der Waals surface area (Å²) in [6.45, 7) is 12.3. The van der Waals surface area contributed by atoms with Crippen LogP contribution in [0, 0.1) is 43.4 Å². The summed E-state index contributed by atoms with van der Waals surface area (Å²) in [5, 5.41) is 44.5. The van der Waals surface area contributed by atoms with Gasteiger partial charge < -0.3 is 132 Å². The minimum absolute atomic E-state index is 0.0249. The minimum atomic E-state index is -0.285. The number of piperidine rings is 1. The van der Waals surface area contributed by atoms with Crippen LogP contribution >= 0.6 is 0 Å². The summed E-state index contributed by atoms with van der Waals surface area (Å²) in [7, 11) is 21.7. The summed E-state index contributed by atoms with van der Waals surface area (Å²) in [5.74, 6) is 16.4. The molecule has 2 amide bonds. The predicted molar refractivity (Wildman–Crippen MR) is 587 cm³/mol. The van der Waals surface area contributed by atoms with Crippen molar-refractivity contribution in [3.63, 3.8) is 0 Å². The van der Waals surface area contributed by atoms with Crippen molar-refractivity contribution in [2.45, 2.75) is 66.3 Å². The molecule has 5 aromatic heterocycles. The zero-order chi connectivity index (χ0) is 106. The summed E-state index contributed by atoms with van der Waals surface area (Å²) in [5.41, 5.74) is 38.1. The zero-order valence-corrected chi connectivity index (χ0v) is 86.4. The third-order valence-electron chi connectivity index (χ3n) is 23.9. The molecule has 16 N–H and O–H groups in total. The molecule has 772 valence electrons. The number of rotatable bonds is 33. The molecule has 0 unspecified atom stereocenters. The summed E-state index contributed by atoms with van der Waals surface area (Å²) in [6.07, 6.45) is 4.91. The van der Waals surface area contributed by atoms with Crippen molar-refractivity contribution in [3.8, 4) is 75.1 Å². The van der Waals surface area contributed by atoms with Crippen LogP contribution in [0.1, 0.15) is 94.3 Å². The highest BCUT2D eigenvalue weighted by Crippen LogP contribution is 2.42. The Balaban J connectivity index is 0.000000157. The van der Waals surface area contributed by atoms with Gasteiger partial charge in [0.1, 0.15) is 47.1 Å². The highest BCUT2D eigenvalue weighted by atomic mass is 16.5. The van der Waals surface area contributed by atoms with Gasteiger partial charge in [-0.1, -0.05) is 73.9 Å². The number of ether oxygens (including phenoxy) is 11. The van der Waals surface area contributed by atoms with Gasteiger partial charge in [-0.05, 0) is 216 Å². The second-order valence-electron chi connectivity index (χ2n) is 34.4. The lowest BCUT2D eigenvalue weighted by Gasteiger charge is -2.25. The Hall–Kier alpha value is -18.0. The van der Waals surface area contributed by atoms with Crippen molar-refractivity contribution in [1.82, 2.24) is 65.0 Å². The summed E-state index contributed by atoms with van der Waals surface area (Å²) < 4.78 is 59.5. The molecule has 1 saturated heterocycles. The number of anilines is 13. The number of carbonyl (C=O) groups excluding carboxylic acids is 2. The Morgan fingerprint density at radius 3 is 1.36 bits per heavy atom. The van der Waals surface area contributed by atoms with Crippen LogP contribution in [-0.4, -0.2) is 220 Å². The van der Waals surface area contributed by atoms with Crippen LogP contribution in [0.15, 0.2) is 200 Å². The molecule has 0 atom stereocenters. The van der Waals surface area contributed by atoms with E-state index >= 15 is 0 Å². The first-order chi connectivity index (χ1) is 71.9. The van der Waals surface area contributed by atoms with E-state index in [2.05, 4.69) is 98.1 Å². The lowest BCUT2D eigenvalue weighted by atomic mass is 10.0. The number of amides is 2. The molecule has 38 nitrogen and oxygen atoms in total. The number of benzene rings is 11. The van der Waals surface area contributed by atoms with Crippen molar-refractivity contribution in [2.24, 2.45) is 0 Å². The maximum Gasteiger partial charge on any atom is 0.251 e. The lowest BCUT2D eigenvalue weighted by molar-refractivity contribution is -0.116. The van der Waals surface area contributed by atoms with Gasteiger partial charge in [0, 0.05) is 136 Å². The molecule has 1 aliphatic heterocycles. The van der Waals surface area contributed by atoms with Crippen LogP contribution in [0.2, 0.25) is 0 Å². The van der Waals surface area contributed by atoms with E-state index in [1.165, 1.54) is 19.3 Å². The number of nitrogens with two attached hydrogens (primary N) is 4. The molecule has 38 heteroatoms. The summed E-state index contributed by atoms with van der Waals surface area (Å²) >= 11 is 0. The maximum atomic E-state index is 12.9. The number of fused-ring (bicyclic) bond motifs is 5. The smallest absolute Gasteiger partial charge is 0.251 e. The highest BCUT2D eigenvalue weighted by molar-refractivity contribution is 6.02. The Bertz CT molecular complexity index is 7540. The number of likely N-dealkylation sites (N-methyl/N-ethyl adjacent to an activating group) is 1. The van der Waals surface area contributed by atoms with Crippen molar-refractivity contribution < 1.29 is 66.8 Å². The van der Waals surface area contributed by atoms with Crippen LogP contribution in [0.3, 0.4) is 0 Å². The largest absolute Gasteiger partial charge is 0.493 e. The average Bonchev–Trinajstić information content (AvgIpc) is 0.731. The average molecular weight is 2020 g/mol. The topological polar surface area (TPSA) is 506 Å². The van der Waals surface area contributed by atoms with Gasteiger partial charge in [-0.3, -0.25) is 9.59 Å². The summed E-state index contributed by atoms with van der Waals surface area (Å²) in [6, 6.07) is 61.7. The molecular formula is C111H124N24O14. The number of carbonyl (C=O) groups is 2. The highest BCUT2D eigenvalue weighted by Gasteiger charge is 2.23. The lowest BCUT2D eigenvalue weighted by Crippen LogP contribution is -2.32. The molecule has 0 radical (unpaired) electrons. The standard InChI is InChI=1S/C31H33N5O4.C24H30N6O3.C20H22N4O3.C19H21N5O2.C17H18N4O2/c1-20-6-9-23(30(37)33-19-21-7-11-24(12-8-21)40-15-14-36(2)3)16-22(20)10-13-26-25-17-28(38-4)29(39-5)18-27(25)35-31(32)34-26;1-32-20-14-18-19(15-21(20)33-2)28-24(25)29-23(18)27-17-8-6-16(7-9-17)26-22(31)10-13-30-11-4-3-5-12-30;1-12-22-17-10-19(27-4)18(26-3)9-15(17)20(23-12)24(2)14-7-5-13(6-8-14)16(21)11-25;1-4-14(20)11-6-5-7-12(8-11)22-18-13-9-16(25-2)17(26-3)10-15(13)23-19(21)24-18;1-10-5-4-6-11(7-10)19-16-12-8-14(22-2)15(23-3)9-13(12)20-17(18)21-16/h6-9,11-12,16-18H,14-15,19H2,1-5H3,(H,33,37)(H2,32,34,35);6-9,14-15H,3-5,10-13H2,1-2H3,(H,26,31)(H3,25,27,28,29);5-10,21,25H,11H2,1-4H3;5-10,20H,4H2,1-3H3,(H3,21,22,23,24);4-9H,1-3H3,(H3,18,19,20,21). The zero-order valence-electron chi connectivity index (χ0n) is 86.4. The second-order valence-corrected chi connectivity index (χ2v) is 34.4. The molecule has 6 heterocycles. The van der Waals surface area contributed by atoms with E-state index in [1.807, 2.05) is 211 Å². The fraction of sp³-hybridized carbons (Fsp3) is 0.261. The van der Waals surface area contributed by atoms with Crippen molar-refractivity contribution >= 4 is 153 Å². The van der Waals surface area contributed by atoms with Gasteiger partial charge in [0.2, 0.25) is 29.7 Å². The molecule has 16 aromatic rings. The number of likely N-dealkylation sites (tertiary alicyclic amines) is 1. The molecule has 0 aliphatic carbocycles. The third kappa shape index (κ3) is 28.4. The first-order valence-electron chi connectivity index (χ1n) is 47.6. The van der Waals surface area contributed by atoms with Crippen molar-refractivity contribution in [2.75, 3.05) is 181 Å². The van der Waals surface area contributed by atoms with Gasteiger partial charge in [0.05, 0.1) is 111 Å². The molecule has 1 aliphatic rings. The van der Waals surface area contributed by atoms with E-state index in [0.29, 0.717) is 162 Å². The van der Waals surface area contributed by atoms with Crippen LogP contribution in [-0.2, 0) is 11.3 Å². The number of aliphatic hydroxyl groups excluding tert-OH is 1. The molecule has 17 rings (SSSR count). The van der Waals surface area contributed by atoms with Crippen LogP contribution in [0.4, 0.5) is 75.5 Å². The molecule has 0 bridgehead atoms. The fourth-order valence-electron chi connectivity index (χ4n) is 16.0. The van der Waals surface area contributed by atoms with E-state index in [1.54, 1.807) is 114 Å². The number of aliphatic hydroxyl groups is 1. The molecule has 0 saturated carbocycles. The van der Waals surface area contributed by atoms with Gasteiger partial charge in [0.15, 0.2) is 57.5 Å². The van der Waals surface area contributed by atoms with Gasteiger partial charge in [-0.15, -0.1) is 0 Å². The Morgan fingerprint density at radius 2 is 0.879 bits per heavy atom. The van der Waals surface area contributed by atoms with Crippen molar-refractivity contribution in [3.05, 3.63) is 251 Å². The quantitative estimate of drug-likeness (QED) is 0.0134. The number of aromatic nitrogens is 10. The van der Waals surface area contributed by atoms with Gasteiger partial charge in [0.25, 0.3) is 5.91 Å². The predicted octanol–water partition coefficient (Wildman–Crippen LogP) is 17.7. The molecule has 1 fully saturated rings. The SMILES string of the molecule is CCC(=N)c1cccc(Nc2nc(N)nc3cc(OC)c(OC)cc23)c1.COc1cc2nc(C)nc(N(C)c3ccc(C(=N)CO)cc3)c2cc1OC.COc1cc2nc(N)nc(C#Cc3cc(C(=O)NCc4ccc(OCCN(C)C)cc4)ccc3C)c2cc1OC.COc1cc2nc(N)nc(Nc3ccc(NC(=O)CCN4CCCCC4)cc3)c2cc1OC.COc1cc2nc(N)nc(Nc3cccc(C)c3)c2cc1OC.